The van der Waals surface area contributed by atoms with E-state index in [2.05, 4.69) is 38.3 Å². The topological polar surface area (TPSA) is 15.3 Å². The number of fused-ring (bicyclic) bond motifs is 1. The number of hydrogen-bond acceptors (Lipinski definition) is 2. The summed E-state index contributed by atoms with van der Waals surface area (Å²) in [6.45, 7) is 5.88. The van der Waals surface area contributed by atoms with Crippen molar-refractivity contribution in [1.29, 1.82) is 0 Å². The van der Waals surface area contributed by atoms with E-state index in [1.165, 1.54) is 31.7 Å². The van der Waals surface area contributed by atoms with E-state index in [-0.39, 0.29) is 0 Å². The van der Waals surface area contributed by atoms with Gasteiger partial charge in [-0.05, 0) is 58.6 Å². The van der Waals surface area contributed by atoms with Crippen molar-refractivity contribution in [1.82, 2.24) is 10.2 Å². The van der Waals surface area contributed by atoms with Crippen LogP contribution in [0.5, 0.6) is 0 Å². The highest BCUT2D eigenvalue weighted by atomic mass is 79.9. The lowest BCUT2D eigenvalue weighted by Gasteiger charge is -2.17. The average Bonchev–Trinajstić information content (AvgIpc) is 2.84. The van der Waals surface area contributed by atoms with E-state index >= 15 is 0 Å². The second-order valence-electron chi connectivity index (χ2n) is 5.12. The predicted molar refractivity (Wildman–Crippen MR) is 74.3 cm³/mol. The van der Waals surface area contributed by atoms with Crippen molar-refractivity contribution in [3.8, 4) is 0 Å². The standard InChI is InChI=1S/C13H16BrClN2/c14-12-2-1-9(3-13(12)15)6-17-7-10-4-16-5-11(10)8-17/h1-3,10-11,16H,4-8H2/t10-,11+. The lowest BCUT2D eigenvalue weighted by atomic mass is 10.0. The molecule has 0 spiro atoms. The van der Waals surface area contributed by atoms with Gasteiger partial charge in [0, 0.05) is 24.1 Å². The molecule has 2 nitrogen and oxygen atoms in total. The van der Waals surface area contributed by atoms with E-state index in [0.29, 0.717) is 0 Å². The van der Waals surface area contributed by atoms with Crippen LogP contribution in [-0.4, -0.2) is 31.1 Å². The van der Waals surface area contributed by atoms with E-state index in [0.717, 1.165) is 27.9 Å². The van der Waals surface area contributed by atoms with Gasteiger partial charge in [-0.3, -0.25) is 4.90 Å². The Hall–Kier alpha value is -0.0900. The lowest BCUT2D eigenvalue weighted by Crippen LogP contribution is -2.25. The summed E-state index contributed by atoms with van der Waals surface area (Å²) in [5.41, 5.74) is 1.31. The normalized spacial score (nSPS) is 28.6. The molecule has 1 aromatic carbocycles. The summed E-state index contributed by atoms with van der Waals surface area (Å²) >= 11 is 9.55. The Morgan fingerprint density at radius 1 is 1.29 bits per heavy atom. The molecule has 0 aliphatic carbocycles. The minimum Gasteiger partial charge on any atom is -0.316 e. The average molecular weight is 316 g/mol. The maximum absolute atomic E-state index is 6.12. The highest BCUT2D eigenvalue weighted by molar-refractivity contribution is 9.10. The summed E-state index contributed by atoms with van der Waals surface area (Å²) in [7, 11) is 0. The first-order valence-corrected chi connectivity index (χ1v) is 7.26. The monoisotopic (exact) mass is 314 g/mol. The van der Waals surface area contributed by atoms with Gasteiger partial charge in [0.05, 0.1) is 5.02 Å². The molecule has 3 rings (SSSR count). The van der Waals surface area contributed by atoms with Gasteiger partial charge in [0.1, 0.15) is 0 Å². The molecule has 2 saturated heterocycles. The van der Waals surface area contributed by atoms with E-state index in [1.54, 1.807) is 0 Å². The van der Waals surface area contributed by atoms with Crippen LogP contribution in [0.15, 0.2) is 22.7 Å². The molecule has 1 N–H and O–H groups in total. The van der Waals surface area contributed by atoms with Crippen LogP contribution in [0, 0.1) is 11.8 Å². The van der Waals surface area contributed by atoms with E-state index in [9.17, 15) is 0 Å². The fourth-order valence-corrected chi connectivity index (χ4v) is 3.43. The molecule has 0 amide bonds. The summed E-state index contributed by atoms with van der Waals surface area (Å²) in [6, 6.07) is 6.26. The van der Waals surface area contributed by atoms with Gasteiger partial charge in [0.25, 0.3) is 0 Å². The van der Waals surface area contributed by atoms with Crippen molar-refractivity contribution in [2.45, 2.75) is 6.54 Å². The third-order valence-corrected chi connectivity index (χ3v) is 5.09. The summed E-state index contributed by atoms with van der Waals surface area (Å²) in [6.07, 6.45) is 0. The Morgan fingerprint density at radius 2 is 2.00 bits per heavy atom. The van der Waals surface area contributed by atoms with Crippen LogP contribution in [-0.2, 0) is 6.54 Å². The Kier molecular flexibility index (Phi) is 3.44. The van der Waals surface area contributed by atoms with Crippen LogP contribution in [0.2, 0.25) is 5.02 Å². The molecule has 2 aliphatic heterocycles. The molecule has 0 unspecified atom stereocenters. The molecule has 2 heterocycles. The zero-order chi connectivity index (χ0) is 11.8. The quantitative estimate of drug-likeness (QED) is 0.903. The molecular weight excluding hydrogens is 300 g/mol. The lowest BCUT2D eigenvalue weighted by molar-refractivity contribution is 0.305. The number of nitrogens with zero attached hydrogens (tertiary/aromatic N) is 1. The van der Waals surface area contributed by atoms with Crippen molar-refractivity contribution >= 4 is 27.5 Å². The third kappa shape index (κ3) is 2.53. The van der Waals surface area contributed by atoms with Crippen LogP contribution in [0.4, 0.5) is 0 Å². The highest BCUT2D eigenvalue weighted by Crippen LogP contribution is 2.29. The molecule has 2 atom stereocenters. The van der Waals surface area contributed by atoms with Gasteiger partial charge < -0.3 is 5.32 Å². The van der Waals surface area contributed by atoms with Crippen LogP contribution >= 0.6 is 27.5 Å². The third-order valence-electron chi connectivity index (χ3n) is 3.86. The van der Waals surface area contributed by atoms with E-state index < -0.39 is 0 Å². The van der Waals surface area contributed by atoms with Gasteiger partial charge in [-0.15, -0.1) is 0 Å². The molecule has 0 radical (unpaired) electrons. The fourth-order valence-electron chi connectivity index (χ4n) is 2.98. The van der Waals surface area contributed by atoms with Crippen molar-refractivity contribution in [3.05, 3.63) is 33.3 Å². The maximum atomic E-state index is 6.12. The zero-order valence-electron chi connectivity index (χ0n) is 9.63. The molecule has 4 heteroatoms. The van der Waals surface area contributed by atoms with Gasteiger partial charge in [-0.25, -0.2) is 0 Å². The van der Waals surface area contributed by atoms with Crippen molar-refractivity contribution < 1.29 is 0 Å². The molecule has 0 aromatic heterocycles. The Labute approximate surface area is 115 Å². The van der Waals surface area contributed by atoms with Gasteiger partial charge in [0.15, 0.2) is 0 Å². The van der Waals surface area contributed by atoms with Crippen molar-refractivity contribution in [3.63, 3.8) is 0 Å². The first kappa shape index (κ1) is 12.0. The molecule has 92 valence electrons. The van der Waals surface area contributed by atoms with E-state index in [4.69, 9.17) is 11.6 Å². The second-order valence-corrected chi connectivity index (χ2v) is 6.38. The van der Waals surface area contributed by atoms with Crippen molar-refractivity contribution in [2.24, 2.45) is 11.8 Å². The largest absolute Gasteiger partial charge is 0.316 e. The van der Waals surface area contributed by atoms with E-state index in [1.807, 2.05) is 6.07 Å². The smallest absolute Gasteiger partial charge is 0.0551 e. The Balaban J connectivity index is 1.65. The number of hydrogen-bond donors (Lipinski definition) is 1. The minimum atomic E-state index is 0.809. The second kappa shape index (κ2) is 4.88. The summed E-state index contributed by atoms with van der Waals surface area (Å²) in [5.74, 6) is 1.72. The molecular formula is C13H16BrClN2. The number of benzene rings is 1. The van der Waals surface area contributed by atoms with Crippen LogP contribution < -0.4 is 5.32 Å². The SMILES string of the molecule is Clc1cc(CN2C[C@H]3CNC[C@H]3C2)ccc1Br. The van der Waals surface area contributed by atoms with Crippen molar-refractivity contribution in [2.75, 3.05) is 26.2 Å². The summed E-state index contributed by atoms with van der Waals surface area (Å²) in [5, 5.41) is 4.28. The number of halogens is 2. The van der Waals surface area contributed by atoms with Gasteiger partial charge in [-0.1, -0.05) is 17.7 Å². The highest BCUT2D eigenvalue weighted by Gasteiger charge is 2.35. The van der Waals surface area contributed by atoms with Gasteiger partial charge in [-0.2, -0.15) is 0 Å². The minimum absolute atomic E-state index is 0.809. The maximum Gasteiger partial charge on any atom is 0.0551 e. The van der Waals surface area contributed by atoms with Crippen LogP contribution in [0.1, 0.15) is 5.56 Å². The molecule has 1 aromatic rings. The van der Waals surface area contributed by atoms with Gasteiger partial charge >= 0.3 is 0 Å². The molecule has 2 fully saturated rings. The predicted octanol–water partition coefficient (Wildman–Crippen LogP) is 2.75. The fraction of sp³-hybridized carbons (Fsp3) is 0.538. The number of nitrogens with one attached hydrogen (secondary N) is 1. The summed E-state index contributed by atoms with van der Waals surface area (Å²) < 4.78 is 0.977. The van der Waals surface area contributed by atoms with Gasteiger partial charge in [0.2, 0.25) is 0 Å². The molecule has 17 heavy (non-hydrogen) atoms. The summed E-state index contributed by atoms with van der Waals surface area (Å²) in [4.78, 5) is 2.55. The molecule has 0 bridgehead atoms. The van der Waals surface area contributed by atoms with Crippen LogP contribution in [0.25, 0.3) is 0 Å². The zero-order valence-corrected chi connectivity index (χ0v) is 12.0. The molecule has 0 saturated carbocycles. The molecule has 2 aliphatic rings. The van der Waals surface area contributed by atoms with Crippen LogP contribution in [0.3, 0.4) is 0 Å². The number of likely N-dealkylation sites (tertiary alicyclic amines) is 1. The first-order chi connectivity index (χ1) is 8.22. The number of rotatable bonds is 2. The Bertz CT molecular complexity index is 412. The first-order valence-electron chi connectivity index (χ1n) is 6.09. The Morgan fingerprint density at radius 3 is 2.65 bits per heavy atom.